The fourth-order valence-electron chi connectivity index (χ4n) is 2.68. The molecule has 6 nitrogen and oxygen atoms in total. The number of benzene rings is 1. The molecule has 0 aliphatic heterocycles. The molecule has 0 saturated carbocycles. The third-order valence-corrected chi connectivity index (χ3v) is 4.71. The molecule has 0 bridgehead atoms. The van der Waals surface area contributed by atoms with Crippen LogP contribution in [0.2, 0.25) is 0 Å². The lowest BCUT2D eigenvalue weighted by Gasteiger charge is -2.12. The number of pyridine rings is 1. The summed E-state index contributed by atoms with van der Waals surface area (Å²) in [4.78, 5) is 20.9. The second kappa shape index (κ2) is 9.84. The first-order chi connectivity index (χ1) is 14.0. The Labute approximate surface area is 173 Å². The van der Waals surface area contributed by atoms with E-state index in [4.69, 9.17) is 14.2 Å². The van der Waals surface area contributed by atoms with Crippen molar-refractivity contribution >= 4 is 23.4 Å². The van der Waals surface area contributed by atoms with E-state index in [9.17, 15) is 4.79 Å². The van der Waals surface area contributed by atoms with Gasteiger partial charge in [0.25, 0.3) is 0 Å². The number of aryl methyl sites for hydroxylation is 2. The molecule has 0 spiro atoms. The zero-order valence-corrected chi connectivity index (χ0v) is 17.4. The summed E-state index contributed by atoms with van der Waals surface area (Å²) >= 11 is 1.55. The Kier molecular flexibility index (Phi) is 6.97. The van der Waals surface area contributed by atoms with E-state index >= 15 is 0 Å². The summed E-state index contributed by atoms with van der Waals surface area (Å²) in [5.74, 6) is 1.53. The van der Waals surface area contributed by atoms with Crippen LogP contribution >= 0.6 is 11.3 Å². The Morgan fingerprint density at radius 2 is 1.97 bits per heavy atom. The summed E-state index contributed by atoms with van der Waals surface area (Å²) in [7, 11) is 0. The maximum atomic E-state index is 11.5. The molecule has 0 aliphatic carbocycles. The lowest BCUT2D eigenvalue weighted by molar-refractivity contribution is -0.137. The van der Waals surface area contributed by atoms with Gasteiger partial charge in [0, 0.05) is 18.3 Å². The molecule has 0 unspecified atom stereocenters. The normalized spacial score (nSPS) is 10.9. The summed E-state index contributed by atoms with van der Waals surface area (Å²) in [6.07, 6.45) is 6.57. The van der Waals surface area contributed by atoms with E-state index in [1.165, 1.54) is 6.08 Å². The minimum atomic E-state index is -0.356. The van der Waals surface area contributed by atoms with Crippen molar-refractivity contribution in [1.29, 1.82) is 0 Å². The molecule has 7 heteroatoms. The second-order valence-electron chi connectivity index (χ2n) is 6.26. The SMILES string of the molecule is CCOC(=O)/C=C/c1cc(C)c(Oc2ccc(OCc3cncs3)cn2)c(C)c1. The predicted octanol–water partition coefficient (Wildman–Crippen LogP) is 5.10. The average Bonchev–Trinajstić information content (AvgIpc) is 3.22. The number of esters is 1. The quantitative estimate of drug-likeness (QED) is 0.380. The molecule has 150 valence electrons. The molecule has 3 rings (SSSR count). The number of aromatic nitrogens is 2. The molecule has 0 N–H and O–H groups in total. The minimum Gasteiger partial charge on any atom is -0.486 e. The summed E-state index contributed by atoms with van der Waals surface area (Å²) in [5.41, 5.74) is 4.57. The van der Waals surface area contributed by atoms with Crippen molar-refractivity contribution in [2.75, 3.05) is 6.61 Å². The van der Waals surface area contributed by atoms with Crippen molar-refractivity contribution in [2.45, 2.75) is 27.4 Å². The van der Waals surface area contributed by atoms with Gasteiger partial charge in [0.05, 0.1) is 23.2 Å². The molecular formula is C22H22N2O4S. The van der Waals surface area contributed by atoms with Gasteiger partial charge in [-0.05, 0) is 61.7 Å². The van der Waals surface area contributed by atoms with Gasteiger partial charge in [-0.3, -0.25) is 4.98 Å². The molecule has 0 amide bonds. The van der Waals surface area contributed by atoms with Crippen LogP contribution in [0, 0.1) is 13.8 Å². The third-order valence-electron chi connectivity index (χ3n) is 3.96. The molecule has 0 atom stereocenters. The van der Waals surface area contributed by atoms with Gasteiger partial charge in [-0.25, -0.2) is 9.78 Å². The highest BCUT2D eigenvalue weighted by Gasteiger charge is 2.09. The zero-order valence-electron chi connectivity index (χ0n) is 16.5. The third kappa shape index (κ3) is 5.89. The summed E-state index contributed by atoms with van der Waals surface area (Å²) in [6, 6.07) is 7.50. The molecule has 1 aromatic carbocycles. The second-order valence-corrected chi connectivity index (χ2v) is 7.23. The molecule has 0 saturated heterocycles. The Morgan fingerprint density at radius 3 is 2.59 bits per heavy atom. The summed E-state index contributed by atoms with van der Waals surface area (Å²) in [6.45, 7) is 6.51. The largest absolute Gasteiger partial charge is 0.486 e. The van der Waals surface area contributed by atoms with Gasteiger partial charge in [-0.1, -0.05) is 0 Å². The number of carbonyl (C=O) groups excluding carboxylic acids is 1. The van der Waals surface area contributed by atoms with Crippen molar-refractivity contribution in [1.82, 2.24) is 9.97 Å². The highest BCUT2D eigenvalue weighted by atomic mass is 32.1. The number of rotatable bonds is 8. The average molecular weight is 410 g/mol. The van der Waals surface area contributed by atoms with Crippen LogP contribution in [0.25, 0.3) is 6.08 Å². The minimum absolute atomic E-state index is 0.356. The topological polar surface area (TPSA) is 70.5 Å². The van der Waals surface area contributed by atoms with Crippen LogP contribution in [0.15, 0.2) is 48.2 Å². The van der Waals surface area contributed by atoms with E-state index in [1.807, 2.05) is 32.0 Å². The fraction of sp³-hybridized carbons (Fsp3) is 0.227. The Hall–Kier alpha value is -3.19. The van der Waals surface area contributed by atoms with Gasteiger partial charge in [0.1, 0.15) is 18.1 Å². The number of ether oxygens (including phenoxy) is 3. The van der Waals surface area contributed by atoms with Crippen LogP contribution in [-0.2, 0) is 16.1 Å². The predicted molar refractivity (Wildman–Crippen MR) is 112 cm³/mol. The molecule has 2 aromatic heterocycles. The molecule has 2 heterocycles. The van der Waals surface area contributed by atoms with E-state index in [2.05, 4.69) is 9.97 Å². The van der Waals surface area contributed by atoms with Gasteiger partial charge in [0.2, 0.25) is 5.88 Å². The highest BCUT2D eigenvalue weighted by Crippen LogP contribution is 2.30. The smallest absolute Gasteiger partial charge is 0.330 e. The first-order valence-electron chi connectivity index (χ1n) is 9.15. The van der Waals surface area contributed by atoms with Crippen molar-refractivity contribution < 1.29 is 19.0 Å². The van der Waals surface area contributed by atoms with Crippen molar-refractivity contribution in [3.8, 4) is 17.4 Å². The number of nitrogens with zero attached hydrogens (tertiary/aromatic N) is 2. The maximum absolute atomic E-state index is 11.5. The standard InChI is InChI=1S/C22H22N2O4S/c1-4-26-21(25)8-5-17-9-15(2)22(16(3)10-17)28-20-7-6-18(11-24-20)27-13-19-12-23-14-29-19/h5-12,14H,4,13H2,1-3H3/b8-5+. The first kappa shape index (κ1) is 20.5. The van der Waals surface area contributed by atoms with E-state index in [1.54, 1.807) is 48.3 Å². The van der Waals surface area contributed by atoms with E-state index in [0.29, 0.717) is 24.8 Å². The fourth-order valence-corrected chi connectivity index (χ4v) is 3.19. The van der Waals surface area contributed by atoms with Crippen LogP contribution in [0.5, 0.6) is 17.4 Å². The maximum Gasteiger partial charge on any atom is 0.330 e. The first-order valence-corrected chi connectivity index (χ1v) is 10.0. The number of carbonyl (C=O) groups is 1. The Bertz CT molecular complexity index is 960. The van der Waals surface area contributed by atoms with Gasteiger partial charge in [-0.15, -0.1) is 11.3 Å². The van der Waals surface area contributed by atoms with E-state index < -0.39 is 0 Å². The van der Waals surface area contributed by atoms with Crippen LogP contribution < -0.4 is 9.47 Å². The molecule has 0 aliphatic rings. The lowest BCUT2D eigenvalue weighted by Crippen LogP contribution is -1.99. The molecule has 0 radical (unpaired) electrons. The van der Waals surface area contributed by atoms with E-state index in [0.717, 1.165) is 27.3 Å². The van der Waals surface area contributed by atoms with Crippen molar-refractivity contribution in [2.24, 2.45) is 0 Å². The van der Waals surface area contributed by atoms with Gasteiger partial charge in [0.15, 0.2) is 0 Å². The molecule has 0 fully saturated rings. The number of thiazole rings is 1. The molecular weight excluding hydrogens is 388 g/mol. The van der Waals surface area contributed by atoms with Gasteiger partial charge >= 0.3 is 5.97 Å². The van der Waals surface area contributed by atoms with Crippen LogP contribution in [0.1, 0.15) is 28.5 Å². The lowest BCUT2D eigenvalue weighted by atomic mass is 10.1. The Morgan fingerprint density at radius 1 is 1.17 bits per heavy atom. The van der Waals surface area contributed by atoms with E-state index in [-0.39, 0.29) is 5.97 Å². The van der Waals surface area contributed by atoms with Crippen molar-refractivity contribution in [3.05, 3.63) is 69.8 Å². The molecule has 29 heavy (non-hydrogen) atoms. The monoisotopic (exact) mass is 410 g/mol. The summed E-state index contributed by atoms with van der Waals surface area (Å²) < 4.78 is 16.6. The van der Waals surface area contributed by atoms with Gasteiger partial charge < -0.3 is 14.2 Å². The number of hydrogen-bond donors (Lipinski definition) is 0. The van der Waals surface area contributed by atoms with Crippen LogP contribution in [0.3, 0.4) is 0 Å². The van der Waals surface area contributed by atoms with Crippen molar-refractivity contribution in [3.63, 3.8) is 0 Å². The van der Waals surface area contributed by atoms with Crippen LogP contribution in [0.4, 0.5) is 0 Å². The highest BCUT2D eigenvalue weighted by molar-refractivity contribution is 7.09. The summed E-state index contributed by atoms with van der Waals surface area (Å²) in [5, 5.41) is 0. The van der Waals surface area contributed by atoms with Crippen LogP contribution in [-0.4, -0.2) is 22.5 Å². The Balaban J connectivity index is 1.65. The van der Waals surface area contributed by atoms with Gasteiger partial charge in [-0.2, -0.15) is 0 Å². The number of hydrogen-bond acceptors (Lipinski definition) is 7. The zero-order chi connectivity index (χ0) is 20.6. The molecule has 3 aromatic rings.